The van der Waals surface area contributed by atoms with Crippen LogP contribution in [0.4, 0.5) is 0 Å². The molecule has 0 radical (unpaired) electrons. The molecule has 1 aromatic rings. The molecular weight excluding hydrogens is 384 g/mol. The second-order valence-electron chi connectivity index (χ2n) is 6.85. The zero-order valence-electron chi connectivity index (χ0n) is 16.3. The molecule has 0 unspecified atom stereocenters. The van der Waals surface area contributed by atoms with Gasteiger partial charge in [-0.25, -0.2) is 14.4 Å². The summed E-state index contributed by atoms with van der Waals surface area (Å²) in [5.74, 6) is -1.28. The van der Waals surface area contributed by atoms with E-state index in [1.807, 2.05) is 30.3 Å². The van der Waals surface area contributed by atoms with E-state index in [0.717, 1.165) is 5.23 Å². The standard InChI is InChI=1S/C19H22N2O8/c1-4-26-14-11-19(17(23)25-3)18(10-13(16(22)24-2)27-21(18)28-14)15(20-29-19)12-8-6-5-7-9-12/h5-9,13-14H,4,10-11H2,1-3H3/t13-,14+,18+,19-/m0/s1. The number of carbonyl (C=O) groups excluding carboxylic acids is 2. The van der Waals surface area contributed by atoms with Crippen molar-refractivity contribution in [3.05, 3.63) is 35.9 Å². The zero-order valence-corrected chi connectivity index (χ0v) is 16.3. The monoisotopic (exact) mass is 406 g/mol. The molecule has 10 nitrogen and oxygen atoms in total. The van der Waals surface area contributed by atoms with E-state index in [2.05, 4.69) is 5.16 Å². The number of oxime groups is 1. The summed E-state index contributed by atoms with van der Waals surface area (Å²) in [4.78, 5) is 42.7. The summed E-state index contributed by atoms with van der Waals surface area (Å²) in [5, 5.41) is 5.35. The van der Waals surface area contributed by atoms with Crippen molar-refractivity contribution in [1.29, 1.82) is 0 Å². The Morgan fingerprint density at radius 1 is 1.17 bits per heavy atom. The maximum atomic E-state index is 13.1. The van der Waals surface area contributed by atoms with Gasteiger partial charge < -0.3 is 19.0 Å². The van der Waals surface area contributed by atoms with Gasteiger partial charge in [0, 0.05) is 18.6 Å². The molecule has 0 saturated carbocycles. The summed E-state index contributed by atoms with van der Waals surface area (Å²) in [6.07, 6.45) is -1.88. The molecule has 1 spiro atoms. The lowest BCUT2D eigenvalue weighted by Crippen LogP contribution is -2.71. The first-order valence-corrected chi connectivity index (χ1v) is 9.26. The van der Waals surface area contributed by atoms with Crippen LogP contribution in [0.25, 0.3) is 0 Å². The van der Waals surface area contributed by atoms with Crippen LogP contribution >= 0.6 is 0 Å². The van der Waals surface area contributed by atoms with Crippen LogP contribution in [-0.4, -0.2) is 67.2 Å². The van der Waals surface area contributed by atoms with Gasteiger partial charge in [-0.05, 0) is 12.2 Å². The van der Waals surface area contributed by atoms with E-state index in [9.17, 15) is 9.59 Å². The summed E-state index contributed by atoms with van der Waals surface area (Å²) >= 11 is 0. The fourth-order valence-corrected chi connectivity index (χ4v) is 4.12. The zero-order chi connectivity index (χ0) is 20.6. The number of rotatable bonds is 5. The topological polar surface area (TPSA) is 105 Å². The molecule has 0 aliphatic carbocycles. The highest BCUT2D eigenvalue weighted by molar-refractivity contribution is 6.12. The van der Waals surface area contributed by atoms with Gasteiger partial charge >= 0.3 is 11.9 Å². The molecule has 0 bridgehead atoms. The van der Waals surface area contributed by atoms with Gasteiger partial charge in [-0.1, -0.05) is 35.5 Å². The highest BCUT2D eigenvalue weighted by atomic mass is 17.0. The number of hydrogen-bond acceptors (Lipinski definition) is 10. The Morgan fingerprint density at radius 3 is 2.59 bits per heavy atom. The molecule has 3 heterocycles. The first kappa shape index (κ1) is 19.8. The van der Waals surface area contributed by atoms with Crippen molar-refractivity contribution >= 4 is 17.7 Å². The summed E-state index contributed by atoms with van der Waals surface area (Å²) in [6.45, 7) is 2.12. The van der Waals surface area contributed by atoms with Crippen LogP contribution in [-0.2, 0) is 38.3 Å². The van der Waals surface area contributed by atoms with Crippen molar-refractivity contribution in [1.82, 2.24) is 5.23 Å². The van der Waals surface area contributed by atoms with E-state index >= 15 is 0 Å². The maximum absolute atomic E-state index is 13.1. The molecule has 10 heteroatoms. The SMILES string of the molecule is CCO[C@H]1C[C@@]2(C(=O)OC)ON=C(c3ccccc3)[C@]23C[C@@H](C(=O)OC)ON3O1. The molecule has 4 atom stereocenters. The minimum absolute atomic E-state index is 0.00109. The largest absolute Gasteiger partial charge is 0.467 e. The van der Waals surface area contributed by atoms with Gasteiger partial charge in [0.25, 0.3) is 5.60 Å². The molecule has 0 amide bonds. The average Bonchev–Trinajstić information content (AvgIpc) is 3.30. The third kappa shape index (κ3) is 2.75. The molecule has 4 rings (SSSR count). The maximum Gasteiger partial charge on any atom is 0.355 e. The van der Waals surface area contributed by atoms with Gasteiger partial charge in [0.05, 0.1) is 20.6 Å². The van der Waals surface area contributed by atoms with E-state index in [1.54, 1.807) is 6.92 Å². The minimum Gasteiger partial charge on any atom is -0.467 e. The molecule has 3 aliphatic rings. The molecule has 2 fully saturated rings. The van der Waals surface area contributed by atoms with Crippen molar-refractivity contribution in [3.63, 3.8) is 0 Å². The van der Waals surface area contributed by atoms with Crippen LogP contribution in [0.2, 0.25) is 0 Å². The molecule has 2 saturated heterocycles. The number of hydroxylamine groups is 2. The summed E-state index contributed by atoms with van der Waals surface area (Å²) in [7, 11) is 2.52. The number of benzene rings is 1. The van der Waals surface area contributed by atoms with Crippen LogP contribution in [0.15, 0.2) is 35.5 Å². The number of methoxy groups -OCH3 is 2. The lowest BCUT2D eigenvalue weighted by Gasteiger charge is -2.47. The fraction of sp³-hybridized carbons (Fsp3) is 0.526. The Kier molecular flexibility index (Phi) is 5.03. The Hall–Kier alpha value is -2.53. The molecular formula is C19H22N2O8. The Bertz CT molecular complexity index is 831. The van der Waals surface area contributed by atoms with Crippen LogP contribution in [0.3, 0.4) is 0 Å². The summed E-state index contributed by atoms with van der Waals surface area (Å²) in [6, 6.07) is 9.16. The quantitative estimate of drug-likeness (QED) is 0.661. The van der Waals surface area contributed by atoms with Crippen molar-refractivity contribution < 1.29 is 38.3 Å². The summed E-state index contributed by atoms with van der Waals surface area (Å²) < 4.78 is 15.5. The van der Waals surface area contributed by atoms with Gasteiger partial charge in [0.1, 0.15) is 5.71 Å². The van der Waals surface area contributed by atoms with Crippen molar-refractivity contribution in [2.24, 2.45) is 5.16 Å². The Labute approximate surface area is 167 Å². The van der Waals surface area contributed by atoms with Gasteiger partial charge in [0.15, 0.2) is 17.9 Å². The van der Waals surface area contributed by atoms with Gasteiger partial charge in [0.2, 0.25) is 0 Å². The van der Waals surface area contributed by atoms with Crippen molar-refractivity contribution in [3.8, 4) is 0 Å². The van der Waals surface area contributed by atoms with Gasteiger partial charge in [-0.2, -0.15) is 0 Å². The highest BCUT2D eigenvalue weighted by Crippen LogP contribution is 2.54. The number of nitrogens with zero attached hydrogens (tertiary/aromatic N) is 2. The first-order valence-electron chi connectivity index (χ1n) is 9.26. The number of esters is 2. The lowest BCUT2D eigenvalue weighted by molar-refractivity contribution is -0.460. The van der Waals surface area contributed by atoms with Crippen LogP contribution in [0.1, 0.15) is 25.3 Å². The number of hydrogen-bond donors (Lipinski definition) is 0. The van der Waals surface area contributed by atoms with E-state index < -0.39 is 35.5 Å². The molecule has 156 valence electrons. The van der Waals surface area contributed by atoms with Crippen molar-refractivity contribution in [2.75, 3.05) is 20.8 Å². The Balaban J connectivity index is 1.86. The number of carbonyl (C=O) groups is 2. The van der Waals surface area contributed by atoms with E-state index in [1.165, 1.54) is 14.2 Å². The van der Waals surface area contributed by atoms with E-state index in [4.69, 9.17) is 28.7 Å². The average molecular weight is 406 g/mol. The number of ether oxygens (including phenoxy) is 3. The van der Waals surface area contributed by atoms with Gasteiger partial charge in [-0.3, -0.25) is 4.84 Å². The van der Waals surface area contributed by atoms with Crippen LogP contribution in [0, 0.1) is 0 Å². The predicted octanol–water partition coefficient (Wildman–Crippen LogP) is 0.948. The molecule has 0 aromatic heterocycles. The second-order valence-corrected chi connectivity index (χ2v) is 6.85. The lowest BCUT2D eigenvalue weighted by atomic mass is 9.69. The molecule has 0 N–H and O–H groups in total. The fourth-order valence-electron chi connectivity index (χ4n) is 4.12. The van der Waals surface area contributed by atoms with Crippen molar-refractivity contribution in [2.45, 2.75) is 43.3 Å². The smallest absolute Gasteiger partial charge is 0.355 e. The highest BCUT2D eigenvalue weighted by Gasteiger charge is 2.78. The van der Waals surface area contributed by atoms with Crippen LogP contribution < -0.4 is 0 Å². The normalized spacial score (nSPS) is 33.3. The van der Waals surface area contributed by atoms with Gasteiger partial charge in [-0.15, -0.1) is 0 Å². The van der Waals surface area contributed by atoms with Crippen LogP contribution in [0.5, 0.6) is 0 Å². The summed E-state index contributed by atoms with van der Waals surface area (Å²) in [5.41, 5.74) is -1.91. The third-order valence-electron chi connectivity index (χ3n) is 5.41. The molecule has 3 aliphatic heterocycles. The molecule has 1 aromatic carbocycles. The predicted molar refractivity (Wildman–Crippen MR) is 96.0 cm³/mol. The van der Waals surface area contributed by atoms with E-state index in [-0.39, 0.29) is 12.8 Å². The second kappa shape index (κ2) is 7.38. The minimum atomic E-state index is -1.63. The third-order valence-corrected chi connectivity index (χ3v) is 5.41. The first-order chi connectivity index (χ1) is 14.0. The Morgan fingerprint density at radius 2 is 1.93 bits per heavy atom. The van der Waals surface area contributed by atoms with E-state index in [0.29, 0.717) is 17.9 Å². The molecule has 29 heavy (non-hydrogen) atoms.